The van der Waals surface area contributed by atoms with Gasteiger partial charge in [0, 0.05) is 10.6 Å². The summed E-state index contributed by atoms with van der Waals surface area (Å²) in [7, 11) is 1.57. The second-order valence-electron chi connectivity index (χ2n) is 10.2. The fourth-order valence-corrected chi connectivity index (χ4v) is 6.63. The minimum Gasteiger partial charge on any atom is -0.493 e. The van der Waals surface area contributed by atoms with Gasteiger partial charge in [-0.05, 0) is 60.0 Å². The molecular formula is C35H29ClN2O5S. The number of nitrogens with zero attached hydrogens (tertiary/aromatic N) is 2. The molecule has 44 heavy (non-hydrogen) atoms. The fourth-order valence-electron chi connectivity index (χ4n) is 5.39. The highest BCUT2D eigenvalue weighted by atomic mass is 35.5. The van der Waals surface area contributed by atoms with Crippen molar-refractivity contribution in [2.24, 2.45) is 4.99 Å². The molecule has 9 heteroatoms. The van der Waals surface area contributed by atoms with Crippen LogP contribution in [0.15, 0.2) is 106 Å². The van der Waals surface area contributed by atoms with Gasteiger partial charge in [0.1, 0.15) is 6.61 Å². The van der Waals surface area contributed by atoms with Gasteiger partial charge in [-0.25, -0.2) is 9.79 Å². The predicted molar refractivity (Wildman–Crippen MR) is 173 cm³/mol. The van der Waals surface area contributed by atoms with E-state index in [2.05, 4.69) is 0 Å². The van der Waals surface area contributed by atoms with Crippen molar-refractivity contribution in [3.63, 3.8) is 0 Å². The van der Waals surface area contributed by atoms with E-state index in [4.69, 9.17) is 30.8 Å². The monoisotopic (exact) mass is 624 g/mol. The molecule has 6 rings (SSSR count). The normalized spacial score (nSPS) is 14.7. The highest BCUT2D eigenvalue weighted by Crippen LogP contribution is 2.35. The molecular weight excluding hydrogens is 596 g/mol. The van der Waals surface area contributed by atoms with Gasteiger partial charge in [0.05, 0.1) is 35.6 Å². The summed E-state index contributed by atoms with van der Waals surface area (Å²) >= 11 is 7.56. The molecule has 2 heterocycles. The summed E-state index contributed by atoms with van der Waals surface area (Å²) in [5.74, 6) is 0.586. The van der Waals surface area contributed by atoms with E-state index in [9.17, 15) is 9.59 Å². The van der Waals surface area contributed by atoms with Gasteiger partial charge in [-0.2, -0.15) is 0 Å². The van der Waals surface area contributed by atoms with Gasteiger partial charge in [-0.15, -0.1) is 0 Å². The van der Waals surface area contributed by atoms with Crippen molar-refractivity contribution in [2.45, 2.75) is 26.5 Å². The fraction of sp³-hybridized carbons (Fsp3) is 0.171. The Morgan fingerprint density at radius 2 is 1.80 bits per heavy atom. The van der Waals surface area contributed by atoms with Crippen LogP contribution in [0.4, 0.5) is 0 Å². The van der Waals surface area contributed by atoms with E-state index in [0.717, 1.165) is 27.5 Å². The average molecular weight is 625 g/mol. The second-order valence-corrected chi connectivity index (χ2v) is 11.6. The lowest BCUT2D eigenvalue weighted by Gasteiger charge is -2.25. The number of ether oxygens (including phenoxy) is 3. The predicted octanol–water partition coefficient (Wildman–Crippen LogP) is 6.19. The standard InChI is InChI=1S/C35H29ClN2O5S/c1-4-42-34(40)31-21(2)37-35-38(32(31)26-14-9-12-23-10-5-7-13-25(23)26)33(39)30(44-35)19-22-16-17-28(29(18-22)41-3)43-20-24-11-6-8-15-27(24)36/h5-19,32H,4,20H2,1-3H3/b30-19-/t32-/m0/s1. The highest BCUT2D eigenvalue weighted by Gasteiger charge is 2.34. The van der Waals surface area contributed by atoms with Crippen LogP contribution < -0.4 is 24.4 Å². The number of methoxy groups -OCH3 is 1. The Balaban J connectivity index is 1.44. The lowest BCUT2D eigenvalue weighted by molar-refractivity contribution is -0.139. The quantitative estimate of drug-likeness (QED) is 0.192. The van der Waals surface area contributed by atoms with E-state index in [1.54, 1.807) is 37.7 Å². The maximum Gasteiger partial charge on any atom is 0.338 e. The molecule has 1 aromatic heterocycles. The molecule has 222 valence electrons. The molecule has 0 bridgehead atoms. The number of fused-ring (bicyclic) bond motifs is 2. The van der Waals surface area contributed by atoms with Crippen LogP contribution in [0.25, 0.3) is 16.8 Å². The number of allylic oxidation sites excluding steroid dienone is 1. The number of hydrogen-bond donors (Lipinski definition) is 0. The third kappa shape index (κ3) is 5.54. The summed E-state index contributed by atoms with van der Waals surface area (Å²) < 4.78 is 19.1. The van der Waals surface area contributed by atoms with Gasteiger partial charge in [0.15, 0.2) is 16.3 Å². The Hall–Kier alpha value is -4.66. The van der Waals surface area contributed by atoms with Crippen molar-refractivity contribution in [1.82, 2.24) is 4.57 Å². The molecule has 0 fully saturated rings. The van der Waals surface area contributed by atoms with Crippen molar-refractivity contribution < 1.29 is 19.0 Å². The first-order valence-electron chi connectivity index (χ1n) is 14.1. The summed E-state index contributed by atoms with van der Waals surface area (Å²) in [6, 6.07) is 26.1. The van der Waals surface area contributed by atoms with Crippen LogP contribution in [0.1, 0.15) is 36.6 Å². The van der Waals surface area contributed by atoms with Crippen molar-refractivity contribution in [3.8, 4) is 11.5 Å². The molecule has 0 N–H and O–H groups in total. The van der Waals surface area contributed by atoms with E-state index in [0.29, 0.717) is 37.1 Å². The average Bonchev–Trinajstić information content (AvgIpc) is 3.33. The van der Waals surface area contributed by atoms with Crippen molar-refractivity contribution in [3.05, 3.63) is 138 Å². The summed E-state index contributed by atoms with van der Waals surface area (Å²) in [6.45, 7) is 4.04. The van der Waals surface area contributed by atoms with Gasteiger partial charge >= 0.3 is 5.97 Å². The number of rotatable bonds is 8. The van der Waals surface area contributed by atoms with Crippen LogP contribution in [0.3, 0.4) is 0 Å². The molecule has 0 radical (unpaired) electrons. The van der Waals surface area contributed by atoms with Crippen LogP contribution in [-0.4, -0.2) is 24.3 Å². The largest absolute Gasteiger partial charge is 0.493 e. The lowest BCUT2D eigenvalue weighted by Crippen LogP contribution is -2.40. The maximum absolute atomic E-state index is 14.1. The molecule has 0 aliphatic carbocycles. The number of halogens is 1. The van der Waals surface area contributed by atoms with E-state index in [1.807, 2.05) is 78.9 Å². The van der Waals surface area contributed by atoms with E-state index < -0.39 is 12.0 Å². The van der Waals surface area contributed by atoms with Gasteiger partial charge in [0.25, 0.3) is 5.56 Å². The number of hydrogen-bond acceptors (Lipinski definition) is 7. The molecule has 0 saturated carbocycles. The molecule has 1 atom stereocenters. The molecule has 1 aliphatic heterocycles. The molecule has 0 saturated heterocycles. The second kappa shape index (κ2) is 12.5. The topological polar surface area (TPSA) is 79.1 Å². The zero-order valence-corrected chi connectivity index (χ0v) is 25.9. The minimum absolute atomic E-state index is 0.211. The number of carbonyl (C=O) groups excluding carboxylic acids is 1. The smallest absolute Gasteiger partial charge is 0.338 e. The third-order valence-corrected chi connectivity index (χ3v) is 8.81. The van der Waals surface area contributed by atoms with Crippen LogP contribution in [0.5, 0.6) is 11.5 Å². The van der Waals surface area contributed by atoms with Gasteiger partial charge in [0.2, 0.25) is 0 Å². The number of thiazole rings is 1. The molecule has 0 amide bonds. The van der Waals surface area contributed by atoms with Crippen molar-refractivity contribution in [1.29, 1.82) is 0 Å². The van der Waals surface area contributed by atoms with E-state index >= 15 is 0 Å². The zero-order valence-electron chi connectivity index (χ0n) is 24.4. The summed E-state index contributed by atoms with van der Waals surface area (Å²) in [4.78, 5) is 32.7. The van der Waals surface area contributed by atoms with Gasteiger partial charge in [-0.3, -0.25) is 9.36 Å². The van der Waals surface area contributed by atoms with Crippen LogP contribution >= 0.6 is 22.9 Å². The van der Waals surface area contributed by atoms with Crippen molar-refractivity contribution >= 4 is 45.8 Å². The van der Waals surface area contributed by atoms with Crippen molar-refractivity contribution in [2.75, 3.05) is 13.7 Å². The van der Waals surface area contributed by atoms with Crippen LogP contribution in [0.2, 0.25) is 5.02 Å². The first-order chi connectivity index (χ1) is 21.4. The number of benzene rings is 4. The number of aromatic nitrogens is 1. The Labute approximate surface area is 262 Å². The summed E-state index contributed by atoms with van der Waals surface area (Å²) in [5, 5.41) is 2.58. The number of esters is 1. The Morgan fingerprint density at radius 1 is 1.02 bits per heavy atom. The summed E-state index contributed by atoms with van der Waals surface area (Å²) in [5.41, 5.74) is 3.06. The lowest BCUT2D eigenvalue weighted by atomic mass is 9.91. The molecule has 7 nitrogen and oxygen atoms in total. The van der Waals surface area contributed by atoms with E-state index in [1.165, 1.54) is 11.3 Å². The first-order valence-corrected chi connectivity index (χ1v) is 15.3. The Bertz CT molecular complexity index is 2110. The maximum atomic E-state index is 14.1. The van der Waals surface area contributed by atoms with Crippen LogP contribution in [-0.2, 0) is 16.1 Å². The molecule has 4 aromatic carbocycles. The van der Waals surface area contributed by atoms with Gasteiger partial charge < -0.3 is 14.2 Å². The third-order valence-electron chi connectivity index (χ3n) is 7.46. The highest BCUT2D eigenvalue weighted by molar-refractivity contribution is 7.07. The van der Waals surface area contributed by atoms with Gasteiger partial charge in [-0.1, -0.05) is 89.7 Å². The minimum atomic E-state index is -0.700. The Kier molecular flexibility index (Phi) is 8.37. The number of carbonyl (C=O) groups is 1. The Morgan fingerprint density at radius 3 is 2.59 bits per heavy atom. The van der Waals surface area contributed by atoms with Crippen LogP contribution in [0, 0.1) is 0 Å². The molecule has 1 aliphatic rings. The summed E-state index contributed by atoms with van der Waals surface area (Å²) in [6.07, 6.45) is 1.80. The molecule has 0 unspecified atom stereocenters. The first kappa shape index (κ1) is 29.4. The SMILES string of the molecule is CCOC(=O)C1=C(C)N=c2s/c(=C\c3ccc(OCc4ccccc4Cl)c(OC)c3)c(=O)n2[C@H]1c1cccc2ccccc12. The van der Waals surface area contributed by atoms with E-state index in [-0.39, 0.29) is 18.8 Å². The zero-order chi connectivity index (χ0) is 30.8. The molecule has 0 spiro atoms. The molecule has 5 aromatic rings.